The van der Waals surface area contributed by atoms with Gasteiger partial charge in [0.05, 0.1) is 5.56 Å². The van der Waals surface area contributed by atoms with E-state index in [4.69, 9.17) is 32.7 Å². The SMILES string of the molecule is Cc1cc(Cl)cc(Cl)c1CNC(=O)O[C@@H]1COc2ncccc21. The summed E-state index contributed by atoms with van der Waals surface area (Å²) in [5.41, 5.74) is 2.47. The van der Waals surface area contributed by atoms with Gasteiger partial charge in [-0.1, -0.05) is 23.2 Å². The van der Waals surface area contributed by atoms with Crippen molar-refractivity contribution in [3.05, 3.63) is 57.2 Å². The first kappa shape index (κ1) is 15.9. The van der Waals surface area contributed by atoms with E-state index in [-0.39, 0.29) is 13.2 Å². The normalized spacial score (nSPS) is 15.7. The van der Waals surface area contributed by atoms with Gasteiger partial charge in [-0.3, -0.25) is 0 Å². The minimum Gasteiger partial charge on any atom is -0.473 e. The molecule has 1 aromatic carbocycles. The summed E-state index contributed by atoms with van der Waals surface area (Å²) in [5, 5.41) is 3.76. The Morgan fingerprint density at radius 2 is 2.30 bits per heavy atom. The van der Waals surface area contributed by atoms with E-state index in [1.165, 1.54) is 0 Å². The fourth-order valence-electron chi connectivity index (χ4n) is 2.40. The quantitative estimate of drug-likeness (QED) is 0.904. The second kappa shape index (κ2) is 6.64. The van der Waals surface area contributed by atoms with Crippen molar-refractivity contribution in [2.45, 2.75) is 19.6 Å². The summed E-state index contributed by atoms with van der Waals surface area (Å²) in [6, 6.07) is 7.04. The third kappa shape index (κ3) is 3.51. The Bertz CT molecular complexity index is 729. The number of alkyl carbamates (subject to hydrolysis) is 1. The second-order valence-corrected chi connectivity index (χ2v) is 5.98. The van der Waals surface area contributed by atoms with Crippen molar-refractivity contribution in [2.75, 3.05) is 6.61 Å². The summed E-state index contributed by atoms with van der Waals surface area (Å²) >= 11 is 12.1. The molecule has 3 rings (SSSR count). The molecule has 5 nitrogen and oxygen atoms in total. The van der Waals surface area contributed by atoms with E-state index in [2.05, 4.69) is 10.3 Å². The highest BCUT2D eigenvalue weighted by Gasteiger charge is 2.28. The molecule has 1 atom stereocenters. The van der Waals surface area contributed by atoms with Gasteiger partial charge in [0.1, 0.15) is 6.61 Å². The standard InChI is InChI=1S/C16H14Cl2N2O3/c1-9-5-10(17)6-13(18)12(9)7-20-16(21)23-14-8-22-15-11(14)3-2-4-19-15/h2-6,14H,7-8H2,1H3,(H,20,21)/t14-/m1/s1. The third-order valence-electron chi connectivity index (χ3n) is 3.56. The average molecular weight is 353 g/mol. The smallest absolute Gasteiger partial charge is 0.408 e. The van der Waals surface area contributed by atoms with Crippen molar-refractivity contribution >= 4 is 29.3 Å². The number of hydrogen-bond acceptors (Lipinski definition) is 4. The molecule has 23 heavy (non-hydrogen) atoms. The molecule has 0 spiro atoms. The molecule has 0 aliphatic carbocycles. The molecule has 1 aliphatic rings. The first-order chi connectivity index (χ1) is 11.0. The Balaban J connectivity index is 1.61. The molecule has 1 amide bonds. The van der Waals surface area contributed by atoms with Crippen LogP contribution in [-0.4, -0.2) is 17.7 Å². The van der Waals surface area contributed by atoms with E-state index in [0.29, 0.717) is 15.9 Å². The molecule has 0 saturated carbocycles. The van der Waals surface area contributed by atoms with Gasteiger partial charge in [0.2, 0.25) is 5.88 Å². The van der Waals surface area contributed by atoms with E-state index in [0.717, 1.165) is 16.7 Å². The van der Waals surface area contributed by atoms with Gasteiger partial charge in [-0.25, -0.2) is 9.78 Å². The van der Waals surface area contributed by atoms with Crippen LogP contribution in [-0.2, 0) is 11.3 Å². The zero-order valence-corrected chi connectivity index (χ0v) is 13.8. The number of hydrogen-bond donors (Lipinski definition) is 1. The van der Waals surface area contributed by atoms with Crippen molar-refractivity contribution in [2.24, 2.45) is 0 Å². The number of carbonyl (C=O) groups excluding carboxylic acids is 1. The van der Waals surface area contributed by atoms with Crippen LogP contribution in [0.1, 0.15) is 22.8 Å². The van der Waals surface area contributed by atoms with Gasteiger partial charge in [-0.05, 0) is 42.3 Å². The highest BCUT2D eigenvalue weighted by atomic mass is 35.5. The first-order valence-corrected chi connectivity index (χ1v) is 7.77. The molecule has 0 saturated heterocycles. The van der Waals surface area contributed by atoms with Gasteiger partial charge in [-0.15, -0.1) is 0 Å². The largest absolute Gasteiger partial charge is 0.473 e. The second-order valence-electron chi connectivity index (χ2n) is 5.14. The molecule has 1 aromatic heterocycles. The number of aromatic nitrogens is 1. The predicted octanol–water partition coefficient (Wildman–Crippen LogP) is 4.06. The number of nitrogens with zero attached hydrogens (tertiary/aromatic N) is 1. The van der Waals surface area contributed by atoms with E-state index < -0.39 is 12.2 Å². The molecule has 120 valence electrons. The van der Waals surface area contributed by atoms with Crippen molar-refractivity contribution in [3.8, 4) is 5.88 Å². The van der Waals surface area contributed by atoms with E-state index >= 15 is 0 Å². The van der Waals surface area contributed by atoms with Gasteiger partial charge >= 0.3 is 6.09 Å². The predicted molar refractivity (Wildman–Crippen MR) is 87.0 cm³/mol. The lowest BCUT2D eigenvalue weighted by molar-refractivity contribution is 0.0821. The minimum absolute atomic E-state index is 0.258. The van der Waals surface area contributed by atoms with Crippen LogP contribution in [0.15, 0.2) is 30.5 Å². The lowest BCUT2D eigenvalue weighted by atomic mass is 10.1. The van der Waals surface area contributed by atoms with Crippen LogP contribution >= 0.6 is 23.2 Å². The van der Waals surface area contributed by atoms with Gasteiger partial charge in [-0.2, -0.15) is 0 Å². The molecule has 1 aliphatic heterocycles. The van der Waals surface area contributed by atoms with Crippen LogP contribution in [0, 0.1) is 6.92 Å². The topological polar surface area (TPSA) is 60.5 Å². The van der Waals surface area contributed by atoms with Crippen LogP contribution < -0.4 is 10.1 Å². The summed E-state index contributed by atoms with van der Waals surface area (Å²) in [6.45, 7) is 2.40. The van der Waals surface area contributed by atoms with E-state index in [9.17, 15) is 4.79 Å². The summed E-state index contributed by atoms with van der Waals surface area (Å²) in [7, 11) is 0. The van der Waals surface area contributed by atoms with Crippen LogP contribution in [0.25, 0.3) is 0 Å². The number of halogens is 2. The summed E-state index contributed by atoms with van der Waals surface area (Å²) in [5.74, 6) is 0.502. The molecule has 0 fully saturated rings. The fourth-order valence-corrected chi connectivity index (χ4v) is 3.06. The fraction of sp³-hybridized carbons (Fsp3) is 0.250. The first-order valence-electron chi connectivity index (χ1n) is 7.01. The molecule has 1 N–H and O–H groups in total. The lowest BCUT2D eigenvalue weighted by Gasteiger charge is -2.13. The molecular formula is C16H14Cl2N2O3. The number of rotatable bonds is 3. The van der Waals surface area contributed by atoms with Crippen LogP contribution in [0.4, 0.5) is 4.79 Å². The molecule has 0 radical (unpaired) electrons. The summed E-state index contributed by atoms with van der Waals surface area (Å²) < 4.78 is 10.8. The third-order valence-corrected chi connectivity index (χ3v) is 4.12. The van der Waals surface area contributed by atoms with E-state index in [1.54, 1.807) is 24.4 Å². The number of ether oxygens (including phenoxy) is 2. The number of carbonyl (C=O) groups is 1. The van der Waals surface area contributed by atoms with Crippen LogP contribution in [0.3, 0.4) is 0 Å². The number of fused-ring (bicyclic) bond motifs is 1. The summed E-state index contributed by atoms with van der Waals surface area (Å²) in [6.07, 6.45) is 0.633. The number of nitrogens with one attached hydrogen (secondary N) is 1. The van der Waals surface area contributed by atoms with Gasteiger partial charge in [0, 0.05) is 22.8 Å². The maximum absolute atomic E-state index is 12.0. The average Bonchev–Trinajstić information content (AvgIpc) is 2.89. The van der Waals surface area contributed by atoms with Crippen molar-refractivity contribution in [3.63, 3.8) is 0 Å². The number of benzene rings is 1. The van der Waals surface area contributed by atoms with Crippen LogP contribution in [0.5, 0.6) is 5.88 Å². The number of pyridine rings is 1. The van der Waals surface area contributed by atoms with Crippen molar-refractivity contribution in [1.82, 2.24) is 10.3 Å². The Labute approximate surface area is 143 Å². The Kier molecular flexibility index (Phi) is 4.59. The molecule has 2 aromatic rings. The molecular weight excluding hydrogens is 339 g/mol. The number of amides is 1. The zero-order valence-electron chi connectivity index (χ0n) is 12.3. The molecule has 7 heteroatoms. The van der Waals surface area contributed by atoms with Gasteiger partial charge < -0.3 is 14.8 Å². The lowest BCUT2D eigenvalue weighted by Crippen LogP contribution is -2.26. The highest BCUT2D eigenvalue weighted by Crippen LogP contribution is 2.32. The van der Waals surface area contributed by atoms with Crippen molar-refractivity contribution < 1.29 is 14.3 Å². The van der Waals surface area contributed by atoms with Gasteiger partial charge in [0.25, 0.3) is 0 Å². The molecule has 0 bridgehead atoms. The Morgan fingerprint density at radius 1 is 1.48 bits per heavy atom. The Hall–Kier alpha value is -1.98. The monoisotopic (exact) mass is 352 g/mol. The maximum Gasteiger partial charge on any atom is 0.408 e. The zero-order chi connectivity index (χ0) is 16.4. The van der Waals surface area contributed by atoms with E-state index in [1.807, 2.05) is 13.0 Å². The number of aryl methyl sites for hydroxylation is 1. The highest BCUT2D eigenvalue weighted by molar-refractivity contribution is 6.35. The molecule has 2 heterocycles. The van der Waals surface area contributed by atoms with Gasteiger partial charge in [0.15, 0.2) is 6.10 Å². The van der Waals surface area contributed by atoms with Crippen LogP contribution in [0.2, 0.25) is 10.0 Å². The maximum atomic E-state index is 12.0. The minimum atomic E-state index is -0.541. The van der Waals surface area contributed by atoms with Crippen molar-refractivity contribution in [1.29, 1.82) is 0 Å². The molecule has 0 unspecified atom stereocenters. The Morgan fingerprint density at radius 3 is 3.09 bits per heavy atom. The summed E-state index contributed by atoms with van der Waals surface area (Å²) in [4.78, 5) is 16.1.